The van der Waals surface area contributed by atoms with Gasteiger partial charge < -0.3 is 15.0 Å². The second-order valence-electron chi connectivity index (χ2n) is 6.50. The van der Waals surface area contributed by atoms with Crippen LogP contribution in [0, 0.1) is 6.92 Å². The van der Waals surface area contributed by atoms with E-state index in [2.05, 4.69) is 5.32 Å². The van der Waals surface area contributed by atoms with Gasteiger partial charge in [-0.25, -0.2) is 0 Å². The average Bonchev–Trinajstić information content (AvgIpc) is 3.06. The number of para-hydroxylation sites is 1. The summed E-state index contributed by atoms with van der Waals surface area (Å²) in [6.45, 7) is 6.84. The number of amides is 2. The van der Waals surface area contributed by atoms with E-state index in [0.717, 1.165) is 34.5 Å². The lowest BCUT2D eigenvalue weighted by Gasteiger charge is -2.21. The predicted octanol–water partition coefficient (Wildman–Crippen LogP) is 3.16. The van der Waals surface area contributed by atoms with Crippen LogP contribution in [0.15, 0.2) is 42.5 Å². The Morgan fingerprint density at radius 1 is 1.23 bits per heavy atom. The molecule has 1 aliphatic heterocycles. The summed E-state index contributed by atoms with van der Waals surface area (Å²) in [4.78, 5) is 26.7. The standard InChI is InChI=1S/C21H24N2O3/c1-4-26-19-10-9-14(2)13-17(19)15(3)22-20(24)21(25)23-12-11-16-7-5-6-8-18(16)23/h5-10,13,15H,4,11-12H2,1-3H3,(H,22,24). The summed E-state index contributed by atoms with van der Waals surface area (Å²) >= 11 is 0. The molecule has 26 heavy (non-hydrogen) atoms. The highest BCUT2D eigenvalue weighted by molar-refractivity contribution is 6.40. The first-order chi connectivity index (χ1) is 12.5. The van der Waals surface area contributed by atoms with E-state index in [9.17, 15) is 9.59 Å². The Hall–Kier alpha value is -2.82. The minimum Gasteiger partial charge on any atom is -0.494 e. The van der Waals surface area contributed by atoms with E-state index in [-0.39, 0.29) is 6.04 Å². The molecule has 1 atom stereocenters. The molecule has 5 nitrogen and oxygen atoms in total. The fraction of sp³-hybridized carbons (Fsp3) is 0.333. The normalized spacial score (nSPS) is 13.9. The quantitative estimate of drug-likeness (QED) is 0.860. The lowest BCUT2D eigenvalue weighted by Crippen LogP contribution is -2.43. The minimum absolute atomic E-state index is 0.328. The average molecular weight is 352 g/mol. The van der Waals surface area contributed by atoms with Gasteiger partial charge in [-0.2, -0.15) is 0 Å². The van der Waals surface area contributed by atoms with Crippen molar-refractivity contribution >= 4 is 17.5 Å². The molecule has 1 N–H and O–H groups in total. The van der Waals surface area contributed by atoms with Gasteiger partial charge >= 0.3 is 11.8 Å². The van der Waals surface area contributed by atoms with Gasteiger partial charge in [0.1, 0.15) is 5.75 Å². The first kappa shape index (κ1) is 18.0. The fourth-order valence-electron chi connectivity index (χ4n) is 3.30. The molecular weight excluding hydrogens is 328 g/mol. The molecule has 1 aliphatic rings. The van der Waals surface area contributed by atoms with Crippen molar-refractivity contribution in [2.45, 2.75) is 33.2 Å². The molecule has 0 fully saturated rings. The fourth-order valence-corrected chi connectivity index (χ4v) is 3.30. The Kier molecular flexibility index (Phi) is 5.26. The first-order valence-electron chi connectivity index (χ1n) is 8.95. The summed E-state index contributed by atoms with van der Waals surface area (Å²) in [6, 6.07) is 13.2. The van der Waals surface area contributed by atoms with Gasteiger partial charge in [-0.3, -0.25) is 9.59 Å². The molecule has 5 heteroatoms. The summed E-state index contributed by atoms with van der Waals surface area (Å²) in [5.74, 6) is -0.393. The van der Waals surface area contributed by atoms with Crippen molar-refractivity contribution in [1.82, 2.24) is 5.32 Å². The van der Waals surface area contributed by atoms with E-state index in [0.29, 0.717) is 13.2 Å². The van der Waals surface area contributed by atoms with Gasteiger partial charge in [0.15, 0.2) is 0 Å². The Morgan fingerprint density at radius 2 is 2.00 bits per heavy atom. The molecule has 1 heterocycles. The van der Waals surface area contributed by atoms with Gasteiger partial charge in [0, 0.05) is 17.8 Å². The summed E-state index contributed by atoms with van der Waals surface area (Å²) in [7, 11) is 0. The number of carbonyl (C=O) groups excluding carboxylic acids is 2. The molecule has 3 rings (SSSR count). The van der Waals surface area contributed by atoms with Crippen LogP contribution in [0.25, 0.3) is 0 Å². The van der Waals surface area contributed by atoms with Crippen molar-refractivity contribution in [3.05, 3.63) is 59.2 Å². The number of anilines is 1. The van der Waals surface area contributed by atoms with Gasteiger partial charge in [-0.05, 0) is 44.9 Å². The molecule has 0 radical (unpaired) electrons. The lowest BCUT2D eigenvalue weighted by molar-refractivity contribution is -0.138. The van der Waals surface area contributed by atoms with E-state index in [1.165, 1.54) is 0 Å². The largest absolute Gasteiger partial charge is 0.494 e. The highest BCUT2D eigenvalue weighted by atomic mass is 16.5. The molecule has 2 aromatic carbocycles. The molecule has 0 bridgehead atoms. The van der Waals surface area contributed by atoms with Gasteiger partial charge in [-0.15, -0.1) is 0 Å². The third-order valence-electron chi connectivity index (χ3n) is 4.61. The Bertz CT molecular complexity index is 832. The molecular formula is C21H24N2O3. The number of aryl methyl sites for hydroxylation is 1. The highest BCUT2D eigenvalue weighted by Gasteiger charge is 2.30. The number of carbonyl (C=O) groups is 2. The number of rotatable bonds is 4. The lowest BCUT2D eigenvalue weighted by atomic mass is 10.0. The van der Waals surface area contributed by atoms with E-state index in [1.54, 1.807) is 4.90 Å². The molecule has 0 aromatic heterocycles. The van der Waals surface area contributed by atoms with Crippen molar-refractivity contribution < 1.29 is 14.3 Å². The summed E-state index contributed by atoms with van der Waals surface area (Å²) in [5, 5.41) is 2.82. The highest BCUT2D eigenvalue weighted by Crippen LogP contribution is 2.29. The van der Waals surface area contributed by atoms with Crippen molar-refractivity contribution in [2.24, 2.45) is 0 Å². The van der Waals surface area contributed by atoms with E-state index in [4.69, 9.17) is 4.74 Å². The van der Waals surface area contributed by atoms with E-state index >= 15 is 0 Å². The van der Waals surface area contributed by atoms with Gasteiger partial charge in [-0.1, -0.05) is 35.9 Å². The summed E-state index contributed by atoms with van der Waals surface area (Å²) in [6.07, 6.45) is 0.775. The number of benzene rings is 2. The summed E-state index contributed by atoms with van der Waals surface area (Å²) < 4.78 is 5.65. The van der Waals surface area contributed by atoms with Crippen molar-refractivity contribution in [1.29, 1.82) is 0 Å². The Morgan fingerprint density at radius 3 is 2.77 bits per heavy atom. The van der Waals surface area contributed by atoms with Crippen LogP contribution in [0.3, 0.4) is 0 Å². The van der Waals surface area contributed by atoms with Crippen LogP contribution in [0.5, 0.6) is 5.75 Å². The van der Waals surface area contributed by atoms with Crippen LogP contribution >= 0.6 is 0 Å². The number of hydrogen-bond acceptors (Lipinski definition) is 3. The Labute approximate surface area is 154 Å². The second-order valence-corrected chi connectivity index (χ2v) is 6.50. The summed E-state index contributed by atoms with van der Waals surface area (Å²) in [5.41, 5.74) is 3.86. The zero-order valence-corrected chi connectivity index (χ0v) is 15.4. The molecule has 0 saturated carbocycles. The maximum absolute atomic E-state index is 12.6. The zero-order chi connectivity index (χ0) is 18.7. The number of nitrogens with one attached hydrogen (secondary N) is 1. The van der Waals surface area contributed by atoms with Crippen molar-refractivity contribution in [3.63, 3.8) is 0 Å². The number of fused-ring (bicyclic) bond motifs is 1. The maximum atomic E-state index is 12.6. The Balaban J connectivity index is 1.74. The maximum Gasteiger partial charge on any atom is 0.316 e. The number of hydrogen-bond donors (Lipinski definition) is 1. The molecule has 136 valence electrons. The van der Waals surface area contributed by atoms with Crippen LogP contribution in [0.2, 0.25) is 0 Å². The van der Waals surface area contributed by atoms with Gasteiger partial charge in [0.25, 0.3) is 0 Å². The second kappa shape index (κ2) is 7.60. The molecule has 0 saturated heterocycles. The van der Waals surface area contributed by atoms with Crippen LogP contribution in [-0.4, -0.2) is 25.0 Å². The van der Waals surface area contributed by atoms with Crippen LogP contribution in [0.1, 0.15) is 36.6 Å². The van der Waals surface area contributed by atoms with E-state index in [1.807, 2.05) is 63.2 Å². The van der Waals surface area contributed by atoms with Gasteiger partial charge in [0.2, 0.25) is 0 Å². The molecule has 0 aliphatic carbocycles. The number of nitrogens with zero attached hydrogens (tertiary/aromatic N) is 1. The molecule has 1 unspecified atom stereocenters. The van der Waals surface area contributed by atoms with E-state index < -0.39 is 11.8 Å². The van der Waals surface area contributed by atoms with Crippen LogP contribution < -0.4 is 15.0 Å². The third-order valence-corrected chi connectivity index (χ3v) is 4.61. The molecule has 0 spiro atoms. The van der Waals surface area contributed by atoms with Gasteiger partial charge in [0.05, 0.1) is 12.6 Å². The molecule has 2 aromatic rings. The smallest absolute Gasteiger partial charge is 0.316 e. The first-order valence-corrected chi connectivity index (χ1v) is 8.95. The minimum atomic E-state index is -0.599. The van der Waals surface area contributed by atoms with Crippen LogP contribution in [0.4, 0.5) is 5.69 Å². The van der Waals surface area contributed by atoms with Crippen molar-refractivity contribution in [3.8, 4) is 5.75 Å². The third kappa shape index (κ3) is 3.57. The van der Waals surface area contributed by atoms with Crippen LogP contribution in [-0.2, 0) is 16.0 Å². The molecule has 2 amide bonds. The SMILES string of the molecule is CCOc1ccc(C)cc1C(C)NC(=O)C(=O)N1CCc2ccccc21. The zero-order valence-electron chi connectivity index (χ0n) is 15.4. The monoisotopic (exact) mass is 352 g/mol. The number of ether oxygens (including phenoxy) is 1. The topological polar surface area (TPSA) is 58.6 Å². The van der Waals surface area contributed by atoms with Crippen molar-refractivity contribution in [2.75, 3.05) is 18.1 Å². The predicted molar refractivity (Wildman–Crippen MR) is 101 cm³/mol.